The summed E-state index contributed by atoms with van der Waals surface area (Å²) < 4.78 is 10.8. The molecule has 2 amide bonds. The summed E-state index contributed by atoms with van der Waals surface area (Å²) in [6, 6.07) is 0. The van der Waals surface area contributed by atoms with Crippen LogP contribution < -0.4 is 0 Å². The molecule has 2 atom stereocenters. The van der Waals surface area contributed by atoms with Crippen LogP contribution in [0.1, 0.15) is 64.7 Å². The van der Waals surface area contributed by atoms with E-state index in [2.05, 4.69) is 6.08 Å². The van der Waals surface area contributed by atoms with Crippen molar-refractivity contribution in [3.8, 4) is 0 Å². The average Bonchev–Trinajstić information content (AvgIpc) is 3.25. The molecule has 7 heteroatoms. The second-order valence-electron chi connectivity index (χ2n) is 9.38. The number of fused-ring (bicyclic) bond motifs is 1. The zero-order valence-corrected chi connectivity index (χ0v) is 19.3. The van der Waals surface area contributed by atoms with Gasteiger partial charge in [0.2, 0.25) is 11.8 Å². The van der Waals surface area contributed by atoms with Crippen molar-refractivity contribution >= 4 is 17.8 Å². The van der Waals surface area contributed by atoms with Crippen molar-refractivity contribution in [2.24, 2.45) is 11.3 Å². The molecule has 0 aromatic carbocycles. The third-order valence-corrected chi connectivity index (χ3v) is 7.39. The molecule has 0 radical (unpaired) electrons. The average molecular weight is 445 g/mol. The van der Waals surface area contributed by atoms with Crippen LogP contribution in [0.15, 0.2) is 23.4 Å². The molecule has 0 saturated carbocycles. The smallest absolute Gasteiger partial charge is 0.318 e. The molecule has 4 rings (SSSR count). The zero-order valence-electron chi connectivity index (χ0n) is 19.3. The summed E-state index contributed by atoms with van der Waals surface area (Å²) in [6.07, 6.45) is 11.7. The number of likely N-dealkylation sites (tertiary alicyclic amines) is 1. The Kier molecular flexibility index (Phi) is 7.33. The Labute approximate surface area is 190 Å². The van der Waals surface area contributed by atoms with Crippen LogP contribution in [0, 0.1) is 11.3 Å². The highest BCUT2D eigenvalue weighted by atomic mass is 16.5. The molecule has 2 saturated heterocycles. The summed E-state index contributed by atoms with van der Waals surface area (Å²) >= 11 is 0. The standard InChI is InChI=1S/C25H36N2O5/c1-2-32-24(30)25-11-6-9-21(25)27(12-10-19-7-4-3-5-8-19)23(29)20(18-25)17-22(28)26-13-15-31-16-14-26/h7,9,20H,2-6,8,10-18H2,1H3/t20-,25+/m1/s1. The number of esters is 1. The first-order chi connectivity index (χ1) is 15.5. The SMILES string of the molecule is CCOC(=O)[C@]12CCC=C1N(CCC1=CCCCC1)C(=O)[C@H](CC(=O)N1CCOCC1)C2. The number of morpholine rings is 1. The van der Waals surface area contributed by atoms with E-state index in [9.17, 15) is 14.4 Å². The number of carbonyl (C=O) groups excluding carboxylic acids is 3. The fraction of sp³-hybridized carbons (Fsp3) is 0.720. The number of piperidine rings is 1. The Morgan fingerprint density at radius 1 is 1.19 bits per heavy atom. The van der Waals surface area contributed by atoms with E-state index >= 15 is 0 Å². The van der Waals surface area contributed by atoms with Crippen LogP contribution in [0.25, 0.3) is 0 Å². The normalized spacial score (nSPS) is 28.2. The topological polar surface area (TPSA) is 76.2 Å². The number of ether oxygens (including phenoxy) is 2. The lowest BCUT2D eigenvalue weighted by molar-refractivity contribution is -0.161. The van der Waals surface area contributed by atoms with Crippen LogP contribution in [0.4, 0.5) is 0 Å². The molecule has 2 aliphatic carbocycles. The van der Waals surface area contributed by atoms with Crippen LogP contribution in [-0.2, 0) is 23.9 Å². The van der Waals surface area contributed by atoms with Gasteiger partial charge in [-0.3, -0.25) is 14.4 Å². The van der Waals surface area contributed by atoms with E-state index in [1.807, 2.05) is 17.9 Å². The lowest BCUT2D eigenvalue weighted by Gasteiger charge is -2.44. The number of hydrogen-bond donors (Lipinski definition) is 0. The van der Waals surface area contributed by atoms with Gasteiger partial charge in [-0.15, -0.1) is 0 Å². The second-order valence-corrected chi connectivity index (χ2v) is 9.38. The molecule has 0 aromatic rings. The first-order valence-electron chi connectivity index (χ1n) is 12.3. The van der Waals surface area contributed by atoms with Crippen LogP contribution in [-0.4, -0.2) is 67.0 Å². The number of carbonyl (C=O) groups is 3. The monoisotopic (exact) mass is 444 g/mol. The molecule has 32 heavy (non-hydrogen) atoms. The Morgan fingerprint density at radius 3 is 2.72 bits per heavy atom. The summed E-state index contributed by atoms with van der Waals surface area (Å²) in [5.74, 6) is -0.783. The van der Waals surface area contributed by atoms with Gasteiger partial charge in [0.05, 0.1) is 19.8 Å². The van der Waals surface area contributed by atoms with Gasteiger partial charge in [-0.1, -0.05) is 17.7 Å². The van der Waals surface area contributed by atoms with Gasteiger partial charge in [0.15, 0.2) is 0 Å². The van der Waals surface area contributed by atoms with Crippen molar-refractivity contribution in [2.75, 3.05) is 39.5 Å². The number of amides is 2. The first-order valence-corrected chi connectivity index (χ1v) is 12.3. The van der Waals surface area contributed by atoms with Crippen molar-refractivity contribution in [1.82, 2.24) is 9.80 Å². The maximum Gasteiger partial charge on any atom is 0.318 e. The van der Waals surface area contributed by atoms with Crippen molar-refractivity contribution in [2.45, 2.75) is 64.7 Å². The van der Waals surface area contributed by atoms with Crippen molar-refractivity contribution in [1.29, 1.82) is 0 Å². The minimum atomic E-state index is -0.805. The molecule has 0 spiro atoms. The lowest BCUT2D eigenvalue weighted by Crippen LogP contribution is -2.53. The quantitative estimate of drug-likeness (QED) is 0.445. The predicted octanol–water partition coefficient (Wildman–Crippen LogP) is 3.20. The van der Waals surface area contributed by atoms with Gasteiger partial charge < -0.3 is 19.3 Å². The third-order valence-electron chi connectivity index (χ3n) is 7.39. The van der Waals surface area contributed by atoms with Crippen LogP contribution in [0.5, 0.6) is 0 Å². The van der Waals surface area contributed by atoms with Gasteiger partial charge in [-0.05, 0) is 58.3 Å². The summed E-state index contributed by atoms with van der Waals surface area (Å²) in [6.45, 7) is 4.88. The van der Waals surface area contributed by atoms with Gasteiger partial charge in [0.25, 0.3) is 0 Å². The minimum absolute atomic E-state index is 0.0175. The van der Waals surface area contributed by atoms with Crippen molar-refractivity contribution in [3.05, 3.63) is 23.4 Å². The molecule has 0 aromatic heterocycles. The second kappa shape index (κ2) is 10.2. The molecule has 0 N–H and O–H groups in total. The Bertz CT molecular complexity index is 798. The Morgan fingerprint density at radius 2 is 2.00 bits per heavy atom. The largest absolute Gasteiger partial charge is 0.465 e. The number of nitrogens with zero attached hydrogens (tertiary/aromatic N) is 2. The van der Waals surface area contributed by atoms with Gasteiger partial charge in [0.1, 0.15) is 5.41 Å². The summed E-state index contributed by atoms with van der Waals surface area (Å²) in [5, 5.41) is 0. The highest BCUT2D eigenvalue weighted by Gasteiger charge is 2.55. The summed E-state index contributed by atoms with van der Waals surface area (Å²) in [4.78, 5) is 43.3. The molecule has 4 aliphatic rings. The van der Waals surface area contributed by atoms with E-state index in [0.29, 0.717) is 52.3 Å². The first kappa shape index (κ1) is 23.0. The molecular formula is C25H36N2O5. The fourth-order valence-electron chi connectivity index (χ4n) is 5.69. The van der Waals surface area contributed by atoms with Gasteiger partial charge in [0, 0.05) is 37.7 Å². The summed E-state index contributed by atoms with van der Waals surface area (Å²) in [5.41, 5.74) is 1.41. The highest BCUT2D eigenvalue weighted by Crippen LogP contribution is 2.51. The van der Waals surface area contributed by atoms with E-state index in [1.165, 1.54) is 18.4 Å². The molecule has 2 fully saturated rings. The maximum atomic E-state index is 13.6. The summed E-state index contributed by atoms with van der Waals surface area (Å²) in [7, 11) is 0. The molecule has 0 unspecified atom stereocenters. The lowest BCUT2D eigenvalue weighted by atomic mass is 9.71. The zero-order chi connectivity index (χ0) is 22.6. The molecular weight excluding hydrogens is 408 g/mol. The molecule has 2 aliphatic heterocycles. The number of allylic oxidation sites excluding steroid dienone is 2. The van der Waals surface area contributed by atoms with Gasteiger partial charge >= 0.3 is 5.97 Å². The van der Waals surface area contributed by atoms with E-state index in [-0.39, 0.29) is 24.2 Å². The highest BCUT2D eigenvalue weighted by molar-refractivity contribution is 5.92. The molecule has 7 nitrogen and oxygen atoms in total. The number of rotatable bonds is 7. The number of hydrogen-bond acceptors (Lipinski definition) is 5. The van der Waals surface area contributed by atoms with Crippen LogP contribution in [0.2, 0.25) is 0 Å². The van der Waals surface area contributed by atoms with Crippen LogP contribution in [0.3, 0.4) is 0 Å². The molecule has 176 valence electrons. The van der Waals surface area contributed by atoms with Crippen molar-refractivity contribution < 1.29 is 23.9 Å². The fourth-order valence-corrected chi connectivity index (χ4v) is 5.69. The molecule has 0 bridgehead atoms. The predicted molar refractivity (Wildman–Crippen MR) is 119 cm³/mol. The van der Waals surface area contributed by atoms with Crippen LogP contribution >= 0.6 is 0 Å². The minimum Gasteiger partial charge on any atom is -0.465 e. The van der Waals surface area contributed by atoms with Gasteiger partial charge in [-0.25, -0.2) is 0 Å². The Balaban J connectivity index is 1.55. The van der Waals surface area contributed by atoms with E-state index < -0.39 is 11.3 Å². The Hall–Kier alpha value is -2.15. The van der Waals surface area contributed by atoms with E-state index in [4.69, 9.17) is 9.47 Å². The van der Waals surface area contributed by atoms with Crippen molar-refractivity contribution in [3.63, 3.8) is 0 Å². The third kappa shape index (κ3) is 4.63. The molecule has 2 heterocycles. The van der Waals surface area contributed by atoms with E-state index in [1.54, 1.807) is 4.90 Å². The van der Waals surface area contributed by atoms with Gasteiger partial charge in [-0.2, -0.15) is 0 Å². The van der Waals surface area contributed by atoms with E-state index in [0.717, 1.165) is 31.4 Å². The maximum absolute atomic E-state index is 13.6.